The van der Waals surface area contributed by atoms with Crippen LogP contribution in [0.1, 0.15) is 77.6 Å². The summed E-state index contributed by atoms with van der Waals surface area (Å²) in [6.45, 7) is 2.60. The molecule has 0 spiro atoms. The number of carbonyl (C=O) groups excluding carboxylic acids is 2. The Balaban J connectivity index is 3.76. The third-order valence-corrected chi connectivity index (χ3v) is 4.66. The zero-order chi connectivity index (χ0) is 24.1. The average Bonchev–Trinajstić information content (AvgIpc) is 2.68. The van der Waals surface area contributed by atoms with Crippen LogP contribution in [-0.2, 0) is 14.3 Å². The van der Waals surface area contributed by atoms with E-state index in [-0.39, 0.29) is 12.4 Å². The average molecular weight is 448 g/mol. The molecule has 0 rings (SSSR count). The fourth-order valence-electron chi connectivity index (χ4n) is 3.17. The SMILES string of the molecule is CC/C=C\C/C=C\C/C=C\C/C=C\CCCCCCC(=O)OC(CC(=O)[O-])C[N+](C)(C)C. The summed E-state index contributed by atoms with van der Waals surface area (Å²) in [5, 5.41) is 10.9. The molecule has 0 aromatic carbocycles. The number of likely N-dealkylation sites (N-methyl/N-ethyl adjacent to an activating group) is 1. The highest BCUT2D eigenvalue weighted by molar-refractivity contribution is 5.70. The fourth-order valence-corrected chi connectivity index (χ4v) is 3.17. The Bertz CT molecular complexity index is 612. The van der Waals surface area contributed by atoms with Crippen LogP contribution in [0, 0.1) is 0 Å². The molecule has 1 atom stereocenters. The number of unbranched alkanes of at least 4 members (excludes halogenated alkanes) is 4. The molecular formula is C27H45NO4. The third kappa shape index (κ3) is 22.5. The predicted octanol–water partition coefficient (Wildman–Crippen LogP) is 4.89. The number of esters is 1. The molecule has 0 N–H and O–H groups in total. The topological polar surface area (TPSA) is 66.4 Å². The van der Waals surface area contributed by atoms with Crippen LogP contribution >= 0.6 is 0 Å². The van der Waals surface area contributed by atoms with Crippen molar-refractivity contribution in [3.8, 4) is 0 Å². The highest BCUT2D eigenvalue weighted by atomic mass is 16.5. The molecule has 0 fully saturated rings. The smallest absolute Gasteiger partial charge is 0.306 e. The first-order valence-electron chi connectivity index (χ1n) is 12.0. The number of aliphatic carboxylic acids is 1. The van der Waals surface area contributed by atoms with E-state index in [1.807, 2.05) is 21.1 Å². The number of hydrogen-bond donors (Lipinski definition) is 0. The molecule has 1 unspecified atom stereocenters. The van der Waals surface area contributed by atoms with Crippen molar-refractivity contribution < 1.29 is 23.9 Å². The number of nitrogens with zero attached hydrogens (tertiary/aromatic N) is 1. The van der Waals surface area contributed by atoms with Gasteiger partial charge < -0.3 is 19.1 Å². The molecule has 0 aromatic heterocycles. The molecule has 0 aliphatic carbocycles. The quantitative estimate of drug-likeness (QED) is 0.122. The number of carbonyl (C=O) groups is 2. The summed E-state index contributed by atoms with van der Waals surface area (Å²) in [4.78, 5) is 22.9. The van der Waals surface area contributed by atoms with Gasteiger partial charge >= 0.3 is 5.97 Å². The molecule has 5 heteroatoms. The van der Waals surface area contributed by atoms with Crippen LogP contribution in [0.25, 0.3) is 0 Å². The molecule has 0 aliphatic rings. The van der Waals surface area contributed by atoms with Crippen molar-refractivity contribution in [1.29, 1.82) is 0 Å². The maximum Gasteiger partial charge on any atom is 0.306 e. The number of carboxylic acids is 1. The zero-order valence-electron chi connectivity index (χ0n) is 20.8. The van der Waals surface area contributed by atoms with Gasteiger partial charge in [-0.2, -0.15) is 0 Å². The number of ether oxygens (including phenoxy) is 1. The lowest BCUT2D eigenvalue weighted by Crippen LogP contribution is -2.45. The lowest BCUT2D eigenvalue weighted by atomic mass is 10.1. The molecule has 0 radical (unpaired) electrons. The lowest BCUT2D eigenvalue weighted by molar-refractivity contribution is -0.873. The maximum atomic E-state index is 12.0. The largest absolute Gasteiger partial charge is 0.550 e. The number of carboxylic acid groups (broad SMARTS) is 1. The van der Waals surface area contributed by atoms with E-state index >= 15 is 0 Å². The van der Waals surface area contributed by atoms with Gasteiger partial charge in [0.05, 0.1) is 21.1 Å². The molecule has 0 saturated carbocycles. The van der Waals surface area contributed by atoms with Crippen LogP contribution < -0.4 is 5.11 Å². The molecule has 0 amide bonds. The molecule has 32 heavy (non-hydrogen) atoms. The lowest BCUT2D eigenvalue weighted by Gasteiger charge is -2.29. The standard InChI is InChI=1S/C27H45NO4/c1-5-6-7-8-9-10-11-12-13-14-15-16-17-18-19-20-21-22-27(31)32-25(23-26(29)30)24-28(2,3)4/h6-7,9-10,12-13,15-16,25H,5,8,11,14,17-24H2,1-4H3/b7-6-,10-9-,13-12-,16-15-. The highest BCUT2D eigenvalue weighted by Crippen LogP contribution is 2.10. The molecule has 0 aliphatic heterocycles. The van der Waals surface area contributed by atoms with Gasteiger partial charge in [-0.25, -0.2) is 0 Å². The van der Waals surface area contributed by atoms with Gasteiger partial charge in [-0.1, -0.05) is 68.4 Å². The number of hydrogen-bond acceptors (Lipinski definition) is 4. The van der Waals surface area contributed by atoms with Crippen LogP contribution in [-0.4, -0.2) is 50.2 Å². The molecule has 182 valence electrons. The van der Waals surface area contributed by atoms with Crippen molar-refractivity contribution in [2.75, 3.05) is 27.7 Å². The Morgan fingerprint density at radius 2 is 1.34 bits per heavy atom. The van der Waals surface area contributed by atoms with Gasteiger partial charge in [0.25, 0.3) is 0 Å². The molecule has 0 aromatic rings. The van der Waals surface area contributed by atoms with E-state index in [9.17, 15) is 14.7 Å². The Morgan fingerprint density at radius 1 is 0.812 bits per heavy atom. The van der Waals surface area contributed by atoms with Crippen molar-refractivity contribution in [3.63, 3.8) is 0 Å². The van der Waals surface area contributed by atoms with Crippen LogP contribution in [0.3, 0.4) is 0 Å². The van der Waals surface area contributed by atoms with Gasteiger partial charge in [0.1, 0.15) is 6.54 Å². The second-order valence-corrected chi connectivity index (χ2v) is 9.11. The molecule has 0 saturated heterocycles. The van der Waals surface area contributed by atoms with Gasteiger partial charge in [-0.05, 0) is 44.9 Å². The summed E-state index contributed by atoms with van der Waals surface area (Å²) in [7, 11) is 5.81. The predicted molar refractivity (Wildman–Crippen MR) is 131 cm³/mol. The summed E-state index contributed by atoms with van der Waals surface area (Å²) in [6.07, 6.45) is 26.1. The number of quaternary nitrogens is 1. The Morgan fingerprint density at radius 3 is 1.88 bits per heavy atom. The van der Waals surface area contributed by atoms with E-state index < -0.39 is 12.1 Å². The van der Waals surface area contributed by atoms with Crippen molar-refractivity contribution in [1.82, 2.24) is 0 Å². The Kier molecular flexibility index (Phi) is 18.2. The van der Waals surface area contributed by atoms with Crippen molar-refractivity contribution in [2.45, 2.75) is 83.7 Å². The minimum atomic E-state index is -1.19. The van der Waals surface area contributed by atoms with E-state index in [1.165, 1.54) is 0 Å². The van der Waals surface area contributed by atoms with E-state index in [0.29, 0.717) is 17.4 Å². The van der Waals surface area contributed by atoms with Crippen LogP contribution in [0.2, 0.25) is 0 Å². The molecule has 5 nitrogen and oxygen atoms in total. The highest BCUT2D eigenvalue weighted by Gasteiger charge is 2.22. The van der Waals surface area contributed by atoms with Crippen molar-refractivity contribution >= 4 is 11.9 Å². The Labute approximate surface area is 196 Å². The second-order valence-electron chi connectivity index (χ2n) is 9.11. The fraction of sp³-hybridized carbons (Fsp3) is 0.630. The maximum absolute atomic E-state index is 12.0. The van der Waals surface area contributed by atoms with Crippen LogP contribution in [0.15, 0.2) is 48.6 Å². The van der Waals surface area contributed by atoms with E-state index in [0.717, 1.165) is 57.8 Å². The molecule has 0 bridgehead atoms. The second kappa shape index (κ2) is 19.5. The van der Waals surface area contributed by atoms with Crippen LogP contribution in [0.5, 0.6) is 0 Å². The normalized spacial score (nSPS) is 13.6. The van der Waals surface area contributed by atoms with Crippen LogP contribution in [0.4, 0.5) is 0 Å². The summed E-state index contributed by atoms with van der Waals surface area (Å²) < 4.78 is 5.90. The zero-order valence-corrected chi connectivity index (χ0v) is 20.8. The van der Waals surface area contributed by atoms with E-state index in [2.05, 4.69) is 55.5 Å². The summed E-state index contributed by atoms with van der Waals surface area (Å²) in [5.74, 6) is -1.50. The van der Waals surface area contributed by atoms with Gasteiger partial charge in [0.15, 0.2) is 6.10 Å². The van der Waals surface area contributed by atoms with Crippen molar-refractivity contribution in [3.05, 3.63) is 48.6 Å². The summed E-state index contributed by atoms with van der Waals surface area (Å²) >= 11 is 0. The minimum Gasteiger partial charge on any atom is -0.550 e. The van der Waals surface area contributed by atoms with Gasteiger partial charge in [-0.15, -0.1) is 0 Å². The third-order valence-electron chi connectivity index (χ3n) is 4.66. The minimum absolute atomic E-state index is 0.254. The van der Waals surface area contributed by atoms with Gasteiger partial charge in [0, 0.05) is 18.8 Å². The first-order chi connectivity index (χ1) is 15.2. The first kappa shape index (κ1) is 29.9. The first-order valence-corrected chi connectivity index (χ1v) is 12.0. The number of rotatable bonds is 19. The molecular weight excluding hydrogens is 402 g/mol. The molecule has 0 heterocycles. The van der Waals surface area contributed by atoms with E-state index in [4.69, 9.17) is 4.74 Å². The van der Waals surface area contributed by atoms with Gasteiger partial charge in [-0.3, -0.25) is 4.79 Å². The summed E-state index contributed by atoms with van der Waals surface area (Å²) in [6, 6.07) is 0. The Hall–Kier alpha value is -2.14. The number of allylic oxidation sites excluding steroid dienone is 8. The van der Waals surface area contributed by atoms with Crippen molar-refractivity contribution in [2.24, 2.45) is 0 Å². The van der Waals surface area contributed by atoms with E-state index in [1.54, 1.807) is 0 Å². The summed E-state index contributed by atoms with van der Waals surface area (Å²) in [5.41, 5.74) is 0. The monoisotopic (exact) mass is 447 g/mol. The van der Waals surface area contributed by atoms with Gasteiger partial charge in [0.2, 0.25) is 0 Å².